The first-order chi connectivity index (χ1) is 63.7. The third kappa shape index (κ3) is 26.3. The summed E-state index contributed by atoms with van der Waals surface area (Å²) in [6.45, 7) is 30.0. The molecule has 2 aromatic heterocycles. The van der Waals surface area contributed by atoms with E-state index in [0.29, 0.717) is 108 Å². The molecule has 10 atom stereocenters. The summed E-state index contributed by atoms with van der Waals surface area (Å²) >= 11 is 0. The van der Waals surface area contributed by atoms with E-state index >= 15 is 0 Å². The Morgan fingerprint density at radius 3 is 1.24 bits per heavy atom. The van der Waals surface area contributed by atoms with Gasteiger partial charge in [-0.15, -0.1) is 13.2 Å². The van der Waals surface area contributed by atoms with Crippen LogP contribution in [-0.2, 0) is 81.0 Å². The number of carboxylic acids is 1. The Labute approximate surface area is 817 Å². The van der Waals surface area contributed by atoms with Gasteiger partial charge in [0.25, 0.3) is 5.91 Å². The van der Waals surface area contributed by atoms with Crippen LogP contribution >= 0.6 is 0 Å². The number of carbonyl (C=O) groups excluding carboxylic acids is 7. The van der Waals surface area contributed by atoms with Crippen LogP contribution in [0.1, 0.15) is 158 Å². The smallest absolute Gasteiger partial charge is 0.408 e. The predicted molar refractivity (Wildman–Crippen MR) is 510 cm³/mol. The number of alkyl carbamates (subject to hydrolysis) is 2. The molecule has 7 amide bonds. The number of primary sulfonamides is 1. The Kier molecular flexibility index (Phi) is 33.4. The third-order valence-corrected chi connectivity index (χ3v) is 28.7. The summed E-state index contributed by atoms with van der Waals surface area (Å²) in [5.41, 5.74) is -0.206. The van der Waals surface area contributed by atoms with E-state index in [9.17, 15) is 60.3 Å². The average molecular weight is 2120 g/mol. The summed E-state index contributed by atoms with van der Waals surface area (Å²) in [6.07, 6.45) is 3.06. The standard InChI is InChI=1S/C50H61N5O10S.C38H46N4O8.C12H17NO3S.BH.U/c1-9-34-29-50(34,45(58)54-66(60,61)49(22-23-49)24-25-63-31-32-16-12-10-13-17-32)53-43(56)40-27-36(30-55(40)44(57)42(47(2,3)4)52-46(59)65-48(5,6)7)64-41-28-38(33-18-14-11-15-19-33)51-39-26-35(62-8)20-21-37(39)41;1-9-23-20-38(23,34(45)46)41-32(43)29-18-25(21-42(29)33(44)31(36(2,3)4)40-35(47)50-37(5,6)7)49-30-19-27(22-13-11-10-12-14-22)39-28-17-24(48-8)15-16-26(28)30;13-17(14,15)12(6-7-12)8-9-16-10-11-4-2-1-3-5-11;;/h9-21,26,28,34,36,40,42H,1,22-25,27,29-31H2,2-8H3,(H,52,59)(H,53,56)(H,54,58);9-17,19,23,25,29,31H,1,18,20-21H2,2-8H3,(H,40,47)(H,41,43)(H,45,46);1-5H,6-10H2,(H2,13,14,15);1H;/t34-,36-,40+,42-,50-;23-,25-,29+,31-,38-;;;/m11.../s1/i;;;1D;. The molecule has 2 aliphatic heterocycles. The molecule has 6 aromatic carbocycles. The maximum Gasteiger partial charge on any atom is 0.408 e. The monoisotopic (exact) mass is 2120 g/mol. The largest absolute Gasteiger partial charge is 0.497 e. The number of rotatable bonds is 33. The number of likely N-dealkylation sites (tertiary alicyclic amines) is 2. The second-order valence-electron chi connectivity index (χ2n) is 39.1. The second-order valence-corrected chi connectivity index (χ2v) is 43.1. The zero-order valence-electron chi connectivity index (χ0n) is 80.0. The minimum absolute atomic E-state index is 0. The number of carbonyl (C=O) groups is 8. The van der Waals surface area contributed by atoms with Crippen LogP contribution < -0.4 is 50.1 Å². The molecule has 135 heavy (non-hydrogen) atoms. The van der Waals surface area contributed by atoms with Crippen molar-refractivity contribution in [3.8, 4) is 45.5 Å². The van der Waals surface area contributed by atoms with Gasteiger partial charge < -0.3 is 74.1 Å². The Hall–Kier alpha value is -10.9. The van der Waals surface area contributed by atoms with Crippen LogP contribution in [0.15, 0.2) is 195 Å². The van der Waals surface area contributed by atoms with Gasteiger partial charge in [0.15, 0.2) is 0 Å². The molecule has 0 unspecified atom stereocenters. The first-order valence-corrected chi connectivity index (χ1v) is 47.7. The number of aliphatic carboxylic acids is 1. The van der Waals surface area contributed by atoms with E-state index in [2.05, 4.69) is 47.5 Å². The molecule has 14 rings (SSSR count). The summed E-state index contributed by atoms with van der Waals surface area (Å²) in [4.78, 5) is 123. The SMILES string of the molecule is C=C[C@@H]1C[C@]1(NC(=O)[C@@H]1C[C@@H](Oc2cc(-c3ccccc3)nc3cc(OC)ccc23)CN1C(=O)[C@@H](NC(=O)OC(C)(C)C)C(C)(C)C)C(=O)NS(=O)(=O)C1(CCOCc2ccccc2)CC1.C=C[C@@H]1C[C@]1(NC(=O)[C@@H]1C[C@@H](Oc2cc(-c3ccccc3)nc3cc(OC)ccc23)CN1C(=O)[C@@H](NC(=O)OC(C)(C)C)C(C)(C)C)C(=O)O.NS(=O)(=O)C1(CCOCc2ccccc2)CC1.[2H][B].[U]. The first-order valence-electron chi connectivity index (χ1n) is 45.2. The van der Waals surface area contributed by atoms with E-state index < -0.39 is 159 Å². The van der Waals surface area contributed by atoms with Crippen LogP contribution in [0, 0.1) is 53.8 Å². The van der Waals surface area contributed by atoms with E-state index in [1.807, 2.05) is 152 Å². The summed E-state index contributed by atoms with van der Waals surface area (Å²) < 4.78 is 103. The minimum atomic E-state index is -4.20. The van der Waals surface area contributed by atoms with Crippen LogP contribution in [0.3, 0.4) is 0 Å². The van der Waals surface area contributed by atoms with Gasteiger partial charge in [-0.25, -0.2) is 46.3 Å². The Morgan fingerprint density at radius 1 is 0.541 bits per heavy atom. The molecule has 720 valence electrons. The molecule has 31 nitrogen and oxygen atoms in total. The van der Waals surface area contributed by atoms with Crippen molar-refractivity contribution in [1.29, 1.82) is 1.34 Å². The van der Waals surface area contributed by atoms with Crippen LogP contribution in [0.5, 0.6) is 23.0 Å². The van der Waals surface area contributed by atoms with Crippen molar-refractivity contribution in [3.63, 3.8) is 0 Å². The zero-order chi connectivity index (χ0) is 98.6. The van der Waals surface area contributed by atoms with Gasteiger partial charge in [-0.3, -0.25) is 28.7 Å². The van der Waals surface area contributed by atoms with Crippen LogP contribution in [-0.4, -0.2) is 208 Å². The molecule has 2 radical (unpaired) electrons. The number of hydrogen-bond acceptors (Lipinski definition) is 22. The molecule has 8 N–H and O–H groups in total. The molecular formula is C100H125BN10O21S2U. The number of amides is 7. The summed E-state index contributed by atoms with van der Waals surface area (Å²) in [5.74, 6) is -3.36. The van der Waals surface area contributed by atoms with E-state index in [4.69, 9.17) is 54.3 Å². The Bertz CT molecular complexity index is 5870. The van der Waals surface area contributed by atoms with Crippen LogP contribution in [0.4, 0.5) is 9.59 Å². The van der Waals surface area contributed by atoms with E-state index in [1.54, 1.807) is 116 Å². The van der Waals surface area contributed by atoms with Crippen molar-refractivity contribution in [1.82, 2.24) is 45.8 Å². The summed E-state index contributed by atoms with van der Waals surface area (Å²) in [6, 6.07) is 48.5. The van der Waals surface area contributed by atoms with Crippen molar-refractivity contribution >= 4 is 97.9 Å². The Balaban J connectivity index is 0.000000239. The fraction of sp³-hybridized carbons (Fsp3) is 0.460. The molecule has 35 heteroatoms. The molecule has 4 heterocycles. The number of fused-ring (bicyclic) bond motifs is 2. The number of hydrogen-bond donors (Lipinski definition) is 7. The van der Waals surface area contributed by atoms with Gasteiger partial charge in [-0.2, -0.15) is 0 Å². The van der Waals surface area contributed by atoms with Crippen LogP contribution in [0.2, 0.25) is 0 Å². The molecule has 4 saturated carbocycles. The molecule has 4 aliphatic carbocycles. The van der Waals surface area contributed by atoms with Crippen molar-refractivity contribution in [2.24, 2.45) is 27.8 Å². The molecule has 6 aliphatic rings. The van der Waals surface area contributed by atoms with Crippen LogP contribution in [0.25, 0.3) is 44.3 Å². The number of methoxy groups -OCH3 is 2. The maximum atomic E-state index is 14.9. The summed E-state index contributed by atoms with van der Waals surface area (Å²) in [5, 5.41) is 27.6. The van der Waals surface area contributed by atoms with E-state index in [1.165, 1.54) is 22.0 Å². The fourth-order valence-electron chi connectivity index (χ4n) is 16.5. The molecule has 0 spiro atoms. The Morgan fingerprint density at radius 2 is 0.904 bits per heavy atom. The van der Waals surface area contributed by atoms with Crippen molar-refractivity contribution in [2.45, 2.75) is 229 Å². The molecule has 6 fully saturated rings. The van der Waals surface area contributed by atoms with Crippen molar-refractivity contribution in [3.05, 3.63) is 206 Å². The van der Waals surface area contributed by atoms with Crippen molar-refractivity contribution < 1.29 is 129 Å². The van der Waals surface area contributed by atoms with E-state index in [-0.39, 0.29) is 82.9 Å². The topological polar surface area (TPSA) is 417 Å². The number of sulfonamides is 2. The van der Waals surface area contributed by atoms with Gasteiger partial charge in [0.2, 0.25) is 43.7 Å². The zero-order valence-corrected chi connectivity index (χ0v) is 84.8. The van der Waals surface area contributed by atoms with E-state index in [0.717, 1.165) is 22.3 Å². The molecular weight excluding hydrogens is 1990 g/mol. The number of carboxylic acid groups (broad SMARTS) is 1. The normalized spacial score (nSPS) is 21.1. The number of nitrogens with two attached hydrogens (primary N) is 1. The fourth-order valence-corrected chi connectivity index (χ4v) is 19.2. The van der Waals surface area contributed by atoms with Gasteiger partial charge in [-0.1, -0.05) is 175 Å². The first kappa shape index (κ1) is 105. The minimum Gasteiger partial charge on any atom is -0.497 e. The third-order valence-electron chi connectivity index (χ3n) is 24.7. The predicted octanol–water partition coefficient (Wildman–Crippen LogP) is 13.0. The van der Waals surface area contributed by atoms with Gasteiger partial charge in [-0.05, 0) is 140 Å². The van der Waals surface area contributed by atoms with Gasteiger partial charge in [0.1, 0.15) is 81.7 Å². The number of benzene rings is 6. The quantitative estimate of drug-likeness (QED) is 0.0114. The van der Waals surface area contributed by atoms with Gasteiger partial charge in [0.05, 0.1) is 72.4 Å². The maximum absolute atomic E-state index is 14.9. The number of aromatic nitrogens is 2. The number of nitrogens with one attached hydrogen (secondary N) is 5. The van der Waals surface area contributed by atoms with Crippen molar-refractivity contribution in [2.75, 3.05) is 40.5 Å². The number of ether oxygens (including phenoxy) is 8. The second kappa shape index (κ2) is 43.2. The number of nitrogens with zero attached hydrogens (tertiary/aromatic N) is 4. The molecule has 2 saturated heterocycles. The summed E-state index contributed by atoms with van der Waals surface area (Å²) in [7, 11) is -0.729. The molecule has 8 aromatic rings. The number of pyridine rings is 2. The van der Waals surface area contributed by atoms with Gasteiger partial charge in [0, 0.05) is 124 Å². The molecule has 0 bridgehead atoms. The van der Waals surface area contributed by atoms with Gasteiger partial charge >= 0.3 is 18.2 Å². The average Bonchev–Trinajstić information content (AvgIpc) is 1.58.